The molecule has 2 heterocycles. The van der Waals surface area contributed by atoms with Crippen LogP contribution in [-0.4, -0.2) is 67.7 Å². The number of carbonyl (C=O) groups is 1. The van der Waals surface area contributed by atoms with Crippen molar-refractivity contribution in [2.45, 2.75) is 33.4 Å². The molecule has 2 aromatic carbocycles. The Bertz CT molecular complexity index is 889. The number of hydrogen-bond acceptors (Lipinski definition) is 5. The zero-order valence-corrected chi connectivity index (χ0v) is 18.8. The third-order valence-corrected chi connectivity index (χ3v) is 6.20. The molecular weight excluding hydrogens is 390 g/mol. The van der Waals surface area contributed by atoms with Gasteiger partial charge in [-0.25, -0.2) is 0 Å². The molecule has 2 aliphatic rings. The Hall–Kier alpha value is -2.73. The van der Waals surface area contributed by atoms with Crippen LogP contribution in [0.1, 0.15) is 36.7 Å². The van der Waals surface area contributed by atoms with Crippen molar-refractivity contribution >= 4 is 11.6 Å². The van der Waals surface area contributed by atoms with Gasteiger partial charge in [0.05, 0.1) is 0 Å². The monoisotopic (exact) mass is 423 g/mol. The van der Waals surface area contributed by atoms with Crippen molar-refractivity contribution in [3.63, 3.8) is 0 Å². The maximum absolute atomic E-state index is 13.2. The molecule has 6 heteroatoms. The predicted octanol–water partition coefficient (Wildman–Crippen LogP) is 3.65. The van der Waals surface area contributed by atoms with Crippen LogP contribution < -0.4 is 14.4 Å². The Labute approximate surface area is 185 Å². The summed E-state index contributed by atoms with van der Waals surface area (Å²) < 4.78 is 11.5. The fourth-order valence-electron chi connectivity index (χ4n) is 4.29. The molecule has 0 unspecified atom stereocenters. The zero-order chi connectivity index (χ0) is 21.8. The summed E-state index contributed by atoms with van der Waals surface area (Å²) in [5.41, 5.74) is 2.88. The Balaban J connectivity index is 1.43. The molecule has 6 nitrogen and oxygen atoms in total. The number of para-hydroxylation sites is 1. The number of fused-ring (bicyclic) bond motifs is 1. The van der Waals surface area contributed by atoms with E-state index < -0.39 is 0 Å². The maximum atomic E-state index is 13.2. The van der Waals surface area contributed by atoms with Gasteiger partial charge in [-0.2, -0.15) is 0 Å². The molecule has 0 atom stereocenters. The fourth-order valence-corrected chi connectivity index (χ4v) is 4.29. The van der Waals surface area contributed by atoms with Crippen molar-refractivity contribution in [3.8, 4) is 11.5 Å². The first-order valence-corrected chi connectivity index (χ1v) is 11.3. The molecule has 2 aromatic rings. The molecule has 0 spiro atoms. The molecule has 0 saturated carbocycles. The van der Waals surface area contributed by atoms with E-state index in [2.05, 4.69) is 35.8 Å². The average molecular weight is 424 g/mol. The molecule has 0 radical (unpaired) electrons. The number of rotatable bonds is 6. The maximum Gasteiger partial charge on any atom is 0.254 e. The van der Waals surface area contributed by atoms with Gasteiger partial charge in [-0.3, -0.25) is 9.69 Å². The largest absolute Gasteiger partial charge is 0.486 e. The number of ether oxygens (including phenoxy) is 2. The van der Waals surface area contributed by atoms with Crippen molar-refractivity contribution in [2.24, 2.45) is 0 Å². The van der Waals surface area contributed by atoms with E-state index in [-0.39, 0.29) is 5.91 Å². The highest BCUT2D eigenvalue weighted by Gasteiger charge is 2.22. The molecule has 1 fully saturated rings. The van der Waals surface area contributed by atoms with Crippen LogP contribution >= 0.6 is 0 Å². The van der Waals surface area contributed by atoms with E-state index in [9.17, 15) is 4.79 Å². The summed E-state index contributed by atoms with van der Waals surface area (Å²) in [5, 5.41) is 0. The lowest BCUT2D eigenvalue weighted by Gasteiger charge is -2.38. The molecule has 0 N–H and O–H groups in total. The molecule has 4 rings (SSSR count). The van der Waals surface area contributed by atoms with Crippen molar-refractivity contribution in [3.05, 3.63) is 53.6 Å². The van der Waals surface area contributed by atoms with E-state index in [1.165, 1.54) is 5.69 Å². The van der Waals surface area contributed by atoms with Gasteiger partial charge in [0.1, 0.15) is 13.2 Å². The smallest absolute Gasteiger partial charge is 0.254 e. The van der Waals surface area contributed by atoms with Gasteiger partial charge in [-0.15, -0.1) is 0 Å². The van der Waals surface area contributed by atoms with Gasteiger partial charge >= 0.3 is 0 Å². The van der Waals surface area contributed by atoms with Gasteiger partial charge in [-0.1, -0.05) is 12.1 Å². The molecular formula is C25H33N3O3. The van der Waals surface area contributed by atoms with E-state index in [1.54, 1.807) is 0 Å². The van der Waals surface area contributed by atoms with Gasteiger partial charge in [0.2, 0.25) is 0 Å². The first kappa shape index (κ1) is 21.5. The Morgan fingerprint density at radius 3 is 2.39 bits per heavy atom. The summed E-state index contributed by atoms with van der Waals surface area (Å²) >= 11 is 0. The Morgan fingerprint density at radius 2 is 1.71 bits per heavy atom. The van der Waals surface area contributed by atoms with Crippen molar-refractivity contribution in [1.82, 2.24) is 9.80 Å². The van der Waals surface area contributed by atoms with E-state index in [0.29, 0.717) is 37.9 Å². The Kier molecular flexibility index (Phi) is 6.66. The summed E-state index contributed by atoms with van der Waals surface area (Å²) in [4.78, 5) is 19.9. The SMILES string of the molecule is CCN(Cc1cccc2c1OCCO2)C(=O)c1ccc(N2CCN(C(C)C)CC2)cc1. The quantitative estimate of drug-likeness (QED) is 0.710. The predicted molar refractivity (Wildman–Crippen MR) is 123 cm³/mol. The number of anilines is 1. The normalized spacial score (nSPS) is 16.5. The molecule has 1 saturated heterocycles. The third kappa shape index (κ3) is 4.79. The van der Waals surface area contributed by atoms with Gasteiger partial charge in [0.15, 0.2) is 11.5 Å². The van der Waals surface area contributed by atoms with Gasteiger partial charge in [-0.05, 0) is 51.1 Å². The van der Waals surface area contributed by atoms with E-state index in [1.807, 2.05) is 42.2 Å². The summed E-state index contributed by atoms with van der Waals surface area (Å²) in [6.45, 7) is 12.9. The molecule has 2 aliphatic heterocycles. The number of nitrogens with zero attached hydrogens (tertiary/aromatic N) is 3. The lowest BCUT2D eigenvalue weighted by atomic mass is 10.1. The number of hydrogen-bond donors (Lipinski definition) is 0. The lowest BCUT2D eigenvalue weighted by Crippen LogP contribution is -2.48. The molecule has 31 heavy (non-hydrogen) atoms. The highest BCUT2D eigenvalue weighted by atomic mass is 16.6. The zero-order valence-electron chi connectivity index (χ0n) is 18.8. The van der Waals surface area contributed by atoms with Crippen LogP contribution in [0.25, 0.3) is 0 Å². The average Bonchev–Trinajstić information content (AvgIpc) is 2.82. The molecule has 1 amide bonds. The number of carbonyl (C=O) groups excluding carboxylic acids is 1. The van der Waals surface area contributed by atoms with Crippen LogP contribution in [0.15, 0.2) is 42.5 Å². The topological polar surface area (TPSA) is 45.3 Å². The van der Waals surface area contributed by atoms with E-state index in [4.69, 9.17) is 9.47 Å². The second kappa shape index (κ2) is 9.60. The molecule has 0 aliphatic carbocycles. The van der Waals surface area contributed by atoms with Gasteiger partial charge < -0.3 is 19.3 Å². The Morgan fingerprint density at radius 1 is 1.00 bits per heavy atom. The van der Waals surface area contributed by atoms with E-state index in [0.717, 1.165) is 43.2 Å². The van der Waals surface area contributed by atoms with Crippen LogP contribution in [0.4, 0.5) is 5.69 Å². The molecule has 0 bridgehead atoms. The summed E-state index contributed by atoms with van der Waals surface area (Å²) in [6, 6.07) is 14.5. The first-order valence-electron chi connectivity index (χ1n) is 11.3. The second-order valence-electron chi connectivity index (χ2n) is 8.42. The molecule has 166 valence electrons. The van der Waals surface area contributed by atoms with Crippen LogP contribution in [-0.2, 0) is 6.54 Å². The van der Waals surface area contributed by atoms with Crippen molar-refractivity contribution in [1.29, 1.82) is 0 Å². The molecule has 0 aromatic heterocycles. The summed E-state index contributed by atoms with van der Waals surface area (Å²) in [6.07, 6.45) is 0. The highest BCUT2D eigenvalue weighted by Crippen LogP contribution is 2.34. The lowest BCUT2D eigenvalue weighted by molar-refractivity contribution is 0.0749. The minimum Gasteiger partial charge on any atom is -0.486 e. The summed E-state index contributed by atoms with van der Waals surface area (Å²) in [5.74, 6) is 1.55. The van der Waals surface area contributed by atoms with E-state index >= 15 is 0 Å². The first-order chi connectivity index (χ1) is 15.1. The minimum atomic E-state index is 0.0352. The standard InChI is InChI=1S/C25H33N3O3/c1-4-26(18-21-6-5-7-23-24(21)31-17-16-30-23)25(29)20-8-10-22(11-9-20)28-14-12-27(13-15-28)19(2)3/h5-11,19H,4,12-18H2,1-3H3. The minimum absolute atomic E-state index is 0.0352. The van der Waals surface area contributed by atoms with Gasteiger partial charge in [0.25, 0.3) is 5.91 Å². The van der Waals surface area contributed by atoms with Crippen LogP contribution in [0.2, 0.25) is 0 Å². The van der Waals surface area contributed by atoms with Crippen molar-refractivity contribution < 1.29 is 14.3 Å². The number of amides is 1. The van der Waals surface area contributed by atoms with Crippen LogP contribution in [0.3, 0.4) is 0 Å². The highest BCUT2D eigenvalue weighted by molar-refractivity contribution is 5.94. The third-order valence-electron chi connectivity index (χ3n) is 6.20. The number of piperazine rings is 1. The van der Waals surface area contributed by atoms with Crippen LogP contribution in [0.5, 0.6) is 11.5 Å². The summed E-state index contributed by atoms with van der Waals surface area (Å²) in [7, 11) is 0. The van der Waals surface area contributed by atoms with Crippen molar-refractivity contribution in [2.75, 3.05) is 50.8 Å². The van der Waals surface area contributed by atoms with Crippen LogP contribution in [0, 0.1) is 0 Å². The second-order valence-corrected chi connectivity index (χ2v) is 8.42. The van der Waals surface area contributed by atoms with Gasteiger partial charge in [0, 0.05) is 62.1 Å². The fraction of sp³-hybridized carbons (Fsp3) is 0.480. The number of benzene rings is 2.